The molecule has 0 aliphatic carbocycles. The van der Waals surface area contributed by atoms with E-state index in [4.69, 9.17) is 0 Å². The van der Waals surface area contributed by atoms with Gasteiger partial charge in [0.1, 0.15) is 4.90 Å². The van der Waals surface area contributed by atoms with E-state index in [1.807, 2.05) is 0 Å². The monoisotopic (exact) mass is 331 g/mol. The Kier molecular flexibility index (Phi) is 5.02. The molecule has 0 saturated carbocycles. The van der Waals surface area contributed by atoms with Gasteiger partial charge in [-0.2, -0.15) is 9.40 Å². The van der Waals surface area contributed by atoms with Gasteiger partial charge < -0.3 is 0 Å². The lowest BCUT2D eigenvalue weighted by Gasteiger charge is -2.19. The van der Waals surface area contributed by atoms with Crippen molar-refractivity contribution < 1.29 is 17.2 Å². The molecular formula is C8H12BrF2N3O2S. The fourth-order valence-electron chi connectivity index (χ4n) is 1.24. The van der Waals surface area contributed by atoms with Crippen molar-refractivity contribution in [2.75, 3.05) is 18.4 Å². The van der Waals surface area contributed by atoms with Crippen LogP contribution in [0.25, 0.3) is 0 Å². The molecule has 9 heteroatoms. The number of hydrogen-bond donors (Lipinski definition) is 0. The van der Waals surface area contributed by atoms with Gasteiger partial charge in [-0.1, -0.05) is 15.9 Å². The Bertz CT molecular complexity index is 463. The molecule has 1 rings (SSSR count). The second-order valence-electron chi connectivity index (χ2n) is 3.29. The topological polar surface area (TPSA) is 55.2 Å². The zero-order valence-corrected chi connectivity index (χ0v) is 11.5. The lowest BCUT2D eigenvalue weighted by molar-refractivity contribution is 0.121. The predicted octanol–water partition coefficient (Wildman–Crippen LogP) is 1.07. The molecule has 0 N–H and O–H groups in total. The van der Waals surface area contributed by atoms with Crippen LogP contribution in [0.15, 0.2) is 17.3 Å². The van der Waals surface area contributed by atoms with Gasteiger partial charge in [0.25, 0.3) is 6.43 Å². The van der Waals surface area contributed by atoms with Gasteiger partial charge in [0, 0.05) is 25.1 Å². The highest BCUT2D eigenvalue weighted by atomic mass is 79.9. The van der Waals surface area contributed by atoms with Crippen molar-refractivity contribution in [1.29, 1.82) is 0 Å². The molecule has 0 aromatic carbocycles. The van der Waals surface area contributed by atoms with E-state index in [9.17, 15) is 17.2 Å². The molecule has 0 saturated heterocycles. The van der Waals surface area contributed by atoms with E-state index in [1.165, 1.54) is 10.9 Å². The van der Waals surface area contributed by atoms with Crippen LogP contribution in [0.3, 0.4) is 0 Å². The molecule has 17 heavy (non-hydrogen) atoms. The quantitative estimate of drug-likeness (QED) is 0.733. The third-order valence-electron chi connectivity index (χ3n) is 1.99. The van der Waals surface area contributed by atoms with Gasteiger partial charge in [-0.3, -0.25) is 4.68 Å². The first-order chi connectivity index (χ1) is 7.87. The Morgan fingerprint density at radius 3 is 2.65 bits per heavy atom. The summed E-state index contributed by atoms with van der Waals surface area (Å²) in [4.78, 5) is -0.0819. The van der Waals surface area contributed by atoms with E-state index >= 15 is 0 Å². The molecule has 0 amide bonds. The van der Waals surface area contributed by atoms with Crippen molar-refractivity contribution >= 4 is 26.0 Å². The van der Waals surface area contributed by atoms with Gasteiger partial charge in [-0.25, -0.2) is 17.2 Å². The summed E-state index contributed by atoms with van der Waals surface area (Å²) >= 11 is 3.04. The second-order valence-corrected chi connectivity index (χ2v) is 6.02. The van der Waals surface area contributed by atoms with Crippen LogP contribution < -0.4 is 0 Å². The van der Waals surface area contributed by atoms with Crippen LogP contribution in [0, 0.1) is 0 Å². The Morgan fingerprint density at radius 2 is 2.24 bits per heavy atom. The van der Waals surface area contributed by atoms with Crippen LogP contribution in [-0.4, -0.2) is 47.3 Å². The summed E-state index contributed by atoms with van der Waals surface area (Å²) in [6, 6.07) is 0. The second kappa shape index (κ2) is 5.87. The van der Waals surface area contributed by atoms with Gasteiger partial charge in [-0.15, -0.1) is 0 Å². The maximum Gasteiger partial charge on any atom is 0.252 e. The molecule has 5 nitrogen and oxygen atoms in total. The highest BCUT2D eigenvalue weighted by molar-refractivity contribution is 9.09. The number of aromatic nitrogens is 2. The van der Waals surface area contributed by atoms with E-state index < -0.39 is 23.0 Å². The van der Waals surface area contributed by atoms with Gasteiger partial charge in [0.2, 0.25) is 10.0 Å². The maximum absolute atomic E-state index is 12.3. The molecule has 1 aromatic rings. The lowest BCUT2D eigenvalue weighted by atomic mass is 10.6. The first-order valence-electron chi connectivity index (χ1n) is 4.71. The minimum absolute atomic E-state index is 0.0123. The fraction of sp³-hybridized carbons (Fsp3) is 0.625. The Balaban J connectivity index is 2.99. The number of rotatable bonds is 6. The molecule has 0 bridgehead atoms. The van der Waals surface area contributed by atoms with Gasteiger partial charge in [0.15, 0.2) is 0 Å². The number of sulfonamides is 1. The summed E-state index contributed by atoms with van der Waals surface area (Å²) in [7, 11) is -2.34. The summed E-state index contributed by atoms with van der Waals surface area (Å²) in [5, 5.41) is 4.01. The molecule has 1 aromatic heterocycles. The number of alkyl halides is 3. The van der Waals surface area contributed by atoms with Crippen molar-refractivity contribution in [3.63, 3.8) is 0 Å². The Morgan fingerprint density at radius 1 is 1.59 bits per heavy atom. The molecule has 98 valence electrons. The maximum atomic E-state index is 12.3. The van der Waals surface area contributed by atoms with Crippen LogP contribution >= 0.6 is 15.9 Å². The number of nitrogens with zero attached hydrogens (tertiary/aromatic N) is 3. The number of hydrogen-bond acceptors (Lipinski definition) is 3. The highest BCUT2D eigenvalue weighted by Crippen LogP contribution is 2.16. The van der Waals surface area contributed by atoms with Crippen molar-refractivity contribution in [3.8, 4) is 0 Å². The lowest BCUT2D eigenvalue weighted by Crippen LogP contribution is -2.36. The smallest absolute Gasteiger partial charge is 0.252 e. The molecule has 0 atom stereocenters. The van der Waals surface area contributed by atoms with Crippen molar-refractivity contribution in [2.24, 2.45) is 7.05 Å². The molecule has 0 fully saturated rings. The first kappa shape index (κ1) is 14.5. The highest BCUT2D eigenvalue weighted by Gasteiger charge is 2.27. The number of aryl methyl sites for hydroxylation is 1. The normalized spacial score (nSPS) is 12.6. The average Bonchev–Trinajstić information content (AvgIpc) is 2.64. The van der Waals surface area contributed by atoms with E-state index in [2.05, 4.69) is 21.0 Å². The van der Waals surface area contributed by atoms with E-state index in [0.717, 1.165) is 10.5 Å². The van der Waals surface area contributed by atoms with Crippen molar-refractivity contribution in [3.05, 3.63) is 12.4 Å². The Hall–Kier alpha value is -0.540. The zero-order valence-electron chi connectivity index (χ0n) is 9.05. The zero-order chi connectivity index (χ0) is 13.1. The standard InChI is InChI=1S/C8H12BrF2N3O2S/c1-13-5-7(4-12-13)17(15,16)14(3-2-9)6-8(10)11/h4-5,8H,2-3,6H2,1H3. The third-order valence-corrected chi connectivity index (χ3v) is 4.17. The molecular weight excluding hydrogens is 320 g/mol. The fourth-order valence-corrected chi connectivity index (χ4v) is 3.31. The van der Waals surface area contributed by atoms with E-state index in [0.29, 0.717) is 5.33 Å². The van der Waals surface area contributed by atoms with Gasteiger partial charge >= 0.3 is 0 Å². The third kappa shape index (κ3) is 3.71. The molecule has 0 aliphatic rings. The van der Waals surface area contributed by atoms with Crippen LogP contribution in [0.5, 0.6) is 0 Å². The van der Waals surface area contributed by atoms with E-state index in [-0.39, 0.29) is 11.4 Å². The van der Waals surface area contributed by atoms with Crippen molar-refractivity contribution in [1.82, 2.24) is 14.1 Å². The van der Waals surface area contributed by atoms with Gasteiger partial charge in [0.05, 0.1) is 12.7 Å². The van der Waals surface area contributed by atoms with Crippen molar-refractivity contribution in [2.45, 2.75) is 11.3 Å². The number of halogens is 3. The molecule has 0 spiro atoms. The summed E-state index contributed by atoms with van der Waals surface area (Å²) in [5.74, 6) is 0. The minimum atomic E-state index is -3.90. The summed E-state index contributed by atoms with van der Waals surface area (Å²) in [5.41, 5.74) is 0. The first-order valence-corrected chi connectivity index (χ1v) is 7.27. The van der Waals surface area contributed by atoms with Crippen LogP contribution in [0.1, 0.15) is 0 Å². The van der Waals surface area contributed by atoms with Crippen LogP contribution in [0.4, 0.5) is 8.78 Å². The predicted molar refractivity (Wildman–Crippen MR) is 61.8 cm³/mol. The largest absolute Gasteiger partial charge is 0.274 e. The average molecular weight is 332 g/mol. The minimum Gasteiger partial charge on any atom is -0.274 e. The van der Waals surface area contributed by atoms with Gasteiger partial charge in [-0.05, 0) is 0 Å². The summed E-state index contributed by atoms with van der Waals surface area (Å²) in [6.07, 6.45) is -0.287. The summed E-state index contributed by atoms with van der Waals surface area (Å²) < 4.78 is 50.7. The Labute approximate surface area is 107 Å². The summed E-state index contributed by atoms with van der Waals surface area (Å²) in [6.45, 7) is -0.829. The van der Waals surface area contributed by atoms with Crippen LogP contribution in [0.2, 0.25) is 0 Å². The SMILES string of the molecule is Cn1cc(S(=O)(=O)N(CCBr)CC(F)F)cn1. The molecule has 0 unspecified atom stereocenters. The molecule has 0 radical (unpaired) electrons. The molecule has 0 aliphatic heterocycles. The van der Waals surface area contributed by atoms with Crippen LogP contribution in [-0.2, 0) is 17.1 Å². The molecule has 1 heterocycles. The van der Waals surface area contributed by atoms with E-state index in [1.54, 1.807) is 7.05 Å².